The van der Waals surface area contributed by atoms with Gasteiger partial charge in [-0.2, -0.15) is 0 Å². The summed E-state index contributed by atoms with van der Waals surface area (Å²) in [6.07, 6.45) is 0. The topological polar surface area (TPSA) is 21.3 Å². The first-order chi connectivity index (χ1) is 5.77. The van der Waals surface area contributed by atoms with E-state index in [4.69, 9.17) is 4.74 Å². The van der Waals surface area contributed by atoms with Crippen LogP contribution in [0.15, 0.2) is 22.7 Å². The Bertz CT molecular complexity index is 263. The number of ether oxygens (including phenoxy) is 1. The number of nitrogens with one attached hydrogen (secondary N) is 1. The maximum atomic E-state index is 5.21. The van der Waals surface area contributed by atoms with Gasteiger partial charge in [-0.15, -0.1) is 0 Å². The van der Waals surface area contributed by atoms with Gasteiger partial charge in [0.2, 0.25) is 0 Å². The highest BCUT2D eigenvalue weighted by Gasteiger charge is 2.01. The summed E-state index contributed by atoms with van der Waals surface area (Å²) in [6, 6.07) is 6.02. The lowest BCUT2D eigenvalue weighted by Gasteiger charge is -2.07. The molecule has 0 atom stereocenters. The third kappa shape index (κ3) is 2.22. The third-order valence-electron chi connectivity index (χ3n) is 1.62. The predicted molar refractivity (Wildman–Crippen MR) is 53.5 cm³/mol. The van der Waals surface area contributed by atoms with Crippen LogP contribution in [0, 0.1) is 0 Å². The molecule has 0 saturated carbocycles. The van der Waals surface area contributed by atoms with Gasteiger partial charge in [0.1, 0.15) is 5.75 Å². The summed E-state index contributed by atoms with van der Waals surface area (Å²) in [5.74, 6) is 0.915. The maximum Gasteiger partial charge on any atom is 0.124 e. The summed E-state index contributed by atoms with van der Waals surface area (Å²) >= 11 is 3.39. The maximum absolute atomic E-state index is 5.21. The largest absolute Gasteiger partial charge is 0.496 e. The van der Waals surface area contributed by atoms with E-state index in [1.54, 1.807) is 7.11 Å². The minimum absolute atomic E-state index is 0.830. The standard InChI is InChI=1S/C9H12BrNO/c1-11-6-7-3-4-8(10)5-9(7)12-2/h3-5,11H,6H2,1-2H3. The highest BCUT2D eigenvalue weighted by atomic mass is 79.9. The molecule has 0 aliphatic carbocycles. The van der Waals surface area contributed by atoms with E-state index >= 15 is 0 Å². The number of hydrogen-bond donors (Lipinski definition) is 1. The fourth-order valence-corrected chi connectivity index (χ4v) is 1.39. The van der Waals surface area contributed by atoms with Crippen molar-refractivity contribution in [3.63, 3.8) is 0 Å². The fourth-order valence-electron chi connectivity index (χ4n) is 1.05. The van der Waals surface area contributed by atoms with Crippen LogP contribution in [0.1, 0.15) is 5.56 Å². The minimum Gasteiger partial charge on any atom is -0.496 e. The number of hydrogen-bond acceptors (Lipinski definition) is 2. The van der Waals surface area contributed by atoms with Crippen molar-refractivity contribution in [3.8, 4) is 5.75 Å². The zero-order chi connectivity index (χ0) is 8.97. The van der Waals surface area contributed by atoms with Crippen molar-refractivity contribution in [3.05, 3.63) is 28.2 Å². The lowest BCUT2D eigenvalue weighted by atomic mass is 10.2. The molecule has 1 rings (SSSR count). The van der Waals surface area contributed by atoms with Crippen LogP contribution in [0.4, 0.5) is 0 Å². The molecule has 0 aliphatic heterocycles. The Labute approximate surface area is 81.1 Å². The van der Waals surface area contributed by atoms with Crippen molar-refractivity contribution < 1.29 is 4.74 Å². The number of methoxy groups -OCH3 is 1. The number of benzene rings is 1. The van der Waals surface area contributed by atoms with Gasteiger partial charge in [-0.3, -0.25) is 0 Å². The number of rotatable bonds is 3. The highest BCUT2D eigenvalue weighted by Crippen LogP contribution is 2.22. The molecule has 1 aromatic carbocycles. The molecule has 1 N–H and O–H groups in total. The van der Waals surface area contributed by atoms with E-state index in [1.807, 2.05) is 25.2 Å². The van der Waals surface area contributed by atoms with Crippen molar-refractivity contribution in [2.75, 3.05) is 14.2 Å². The average molecular weight is 230 g/mol. The van der Waals surface area contributed by atoms with Gasteiger partial charge in [0.15, 0.2) is 0 Å². The first kappa shape index (κ1) is 9.55. The molecule has 3 heteroatoms. The smallest absolute Gasteiger partial charge is 0.124 e. The second-order valence-electron chi connectivity index (χ2n) is 2.49. The first-order valence-electron chi connectivity index (χ1n) is 3.75. The zero-order valence-electron chi connectivity index (χ0n) is 7.23. The van der Waals surface area contributed by atoms with Crippen LogP contribution >= 0.6 is 15.9 Å². The molecule has 0 aromatic heterocycles. The monoisotopic (exact) mass is 229 g/mol. The second kappa shape index (κ2) is 4.48. The molecule has 0 radical (unpaired) electrons. The Balaban J connectivity index is 2.94. The third-order valence-corrected chi connectivity index (χ3v) is 2.11. The van der Waals surface area contributed by atoms with Crippen molar-refractivity contribution in [1.82, 2.24) is 5.32 Å². The van der Waals surface area contributed by atoms with Gasteiger partial charge in [0, 0.05) is 16.6 Å². The van der Waals surface area contributed by atoms with Crippen LogP contribution in [0.2, 0.25) is 0 Å². The van der Waals surface area contributed by atoms with E-state index in [-0.39, 0.29) is 0 Å². The van der Waals surface area contributed by atoms with Crippen LogP contribution in [0.25, 0.3) is 0 Å². The van der Waals surface area contributed by atoms with Gasteiger partial charge < -0.3 is 10.1 Å². The van der Waals surface area contributed by atoms with E-state index in [1.165, 1.54) is 5.56 Å². The highest BCUT2D eigenvalue weighted by molar-refractivity contribution is 9.10. The lowest BCUT2D eigenvalue weighted by molar-refractivity contribution is 0.408. The van der Waals surface area contributed by atoms with E-state index in [0.717, 1.165) is 16.8 Å². The van der Waals surface area contributed by atoms with Crippen molar-refractivity contribution >= 4 is 15.9 Å². The molecule has 0 unspecified atom stereocenters. The van der Waals surface area contributed by atoms with Crippen LogP contribution in [-0.4, -0.2) is 14.2 Å². The normalized spacial score (nSPS) is 9.92. The molecule has 0 bridgehead atoms. The van der Waals surface area contributed by atoms with Crippen molar-refractivity contribution in [2.24, 2.45) is 0 Å². The Kier molecular flexibility index (Phi) is 3.56. The van der Waals surface area contributed by atoms with Gasteiger partial charge in [-0.1, -0.05) is 22.0 Å². The molecule has 0 fully saturated rings. The molecule has 12 heavy (non-hydrogen) atoms. The Morgan fingerprint density at radius 3 is 2.83 bits per heavy atom. The molecule has 0 aliphatic rings. The van der Waals surface area contributed by atoms with Gasteiger partial charge in [-0.05, 0) is 19.2 Å². The molecule has 0 heterocycles. The second-order valence-corrected chi connectivity index (χ2v) is 3.40. The predicted octanol–water partition coefficient (Wildman–Crippen LogP) is 2.18. The first-order valence-corrected chi connectivity index (χ1v) is 4.54. The van der Waals surface area contributed by atoms with Crippen LogP contribution in [-0.2, 0) is 6.54 Å². The zero-order valence-corrected chi connectivity index (χ0v) is 8.81. The molecule has 1 aromatic rings. The Morgan fingerprint density at radius 2 is 2.25 bits per heavy atom. The summed E-state index contributed by atoms with van der Waals surface area (Å²) in [6.45, 7) is 0.830. The lowest BCUT2D eigenvalue weighted by Crippen LogP contribution is -2.06. The van der Waals surface area contributed by atoms with Crippen molar-refractivity contribution in [2.45, 2.75) is 6.54 Å². The molecule has 0 saturated heterocycles. The number of halogens is 1. The molecule has 2 nitrogen and oxygen atoms in total. The Hall–Kier alpha value is -0.540. The van der Waals surface area contributed by atoms with E-state index in [9.17, 15) is 0 Å². The Morgan fingerprint density at radius 1 is 1.50 bits per heavy atom. The fraction of sp³-hybridized carbons (Fsp3) is 0.333. The SMILES string of the molecule is CNCc1ccc(Br)cc1OC. The molecule has 0 spiro atoms. The van der Waals surface area contributed by atoms with E-state index in [0.29, 0.717) is 0 Å². The van der Waals surface area contributed by atoms with Crippen LogP contribution in [0.5, 0.6) is 5.75 Å². The van der Waals surface area contributed by atoms with E-state index in [2.05, 4.69) is 21.2 Å². The average Bonchev–Trinajstić information content (AvgIpc) is 2.08. The molecular weight excluding hydrogens is 218 g/mol. The minimum atomic E-state index is 0.830. The summed E-state index contributed by atoms with van der Waals surface area (Å²) < 4.78 is 6.25. The van der Waals surface area contributed by atoms with Gasteiger partial charge in [-0.25, -0.2) is 0 Å². The van der Waals surface area contributed by atoms with Gasteiger partial charge >= 0.3 is 0 Å². The summed E-state index contributed by atoms with van der Waals surface area (Å²) in [5.41, 5.74) is 1.17. The summed E-state index contributed by atoms with van der Waals surface area (Å²) in [7, 11) is 3.60. The quantitative estimate of drug-likeness (QED) is 0.859. The molecule has 66 valence electrons. The van der Waals surface area contributed by atoms with Crippen molar-refractivity contribution in [1.29, 1.82) is 0 Å². The molecule has 0 amide bonds. The molecular formula is C9H12BrNO. The summed E-state index contributed by atoms with van der Waals surface area (Å²) in [4.78, 5) is 0. The van der Waals surface area contributed by atoms with E-state index < -0.39 is 0 Å². The van der Waals surface area contributed by atoms with Gasteiger partial charge in [0.25, 0.3) is 0 Å². The van der Waals surface area contributed by atoms with Gasteiger partial charge in [0.05, 0.1) is 7.11 Å². The van der Waals surface area contributed by atoms with Crippen LogP contribution < -0.4 is 10.1 Å². The van der Waals surface area contributed by atoms with Crippen LogP contribution in [0.3, 0.4) is 0 Å². The summed E-state index contributed by atoms with van der Waals surface area (Å²) in [5, 5.41) is 3.08.